The topological polar surface area (TPSA) is 53.7 Å². The van der Waals surface area contributed by atoms with E-state index in [1.165, 1.54) is 6.39 Å². The standard InChI is InChI=1S/C13H14BrNO4/c1-16-10-5-4-8(12(17-2)13(10)18-3)11-9(6-14)15-7-19-11/h4-5,7H,6H2,1-3H3. The molecule has 0 aliphatic rings. The molecule has 0 atom stereocenters. The minimum absolute atomic E-state index is 0.527. The molecule has 0 fully saturated rings. The molecule has 19 heavy (non-hydrogen) atoms. The van der Waals surface area contributed by atoms with Crippen molar-refractivity contribution in [2.24, 2.45) is 0 Å². The van der Waals surface area contributed by atoms with E-state index in [0.29, 0.717) is 28.3 Å². The average Bonchev–Trinajstić information content (AvgIpc) is 2.93. The molecule has 1 aromatic heterocycles. The van der Waals surface area contributed by atoms with E-state index in [9.17, 15) is 0 Å². The Hall–Kier alpha value is -1.69. The lowest BCUT2D eigenvalue weighted by atomic mass is 10.1. The molecule has 2 aromatic rings. The Kier molecular flexibility index (Phi) is 4.31. The number of ether oxygens (including phenoxy) is 3. The van der Waals surface area contributed by atoms with Crippen LogP contribution in [0.5, 0.6) is 17.2 Å². The van der Waals surface area contributed by atoms with Gasteiger partial charge in [-0.2, -0.15) is 0 Å². The number of hydrogen-bond acceptors (Lipinski definition) is 5. The van der Waals surface area contributed by atoms with Crippen LogP contribution >= 0.6 is 15.9 Å². The van der Waals surface area contributed by atoms with E-state index in [1.807, 2.05) is 6.07 Å². The summed E-state index contributed by atoms with van der Waals surface area (Å²) in [6, 6.07) is 3.66. The smallest absolute Gasteiger partial charge is 0.204 e. The number of oxazole rings is 1. The van der Waals surface area contributed by atoms with Crippen LogP contribution in [0.25, 0.3) is 11.3 Å². The Labute approximate surface area is 119 Å². The normalized spacial score (nSPS) is 10.3. The molecule has 2 rings (SSSR count). The Morgan fingerprint density at radius 2 is 1.84 bits per heavy atom. The van der Waals surface area contributed by atoms with Crippen LogP contribution in [0.15, 0.2) is 22.9 Å². The SMILES string of the molecule is COc1ccc(-c2ocnc2CBr)c(OC)c1OC. The first kappa shape index (κ1) is 13.7. The molecule has 0 saturated carbocycles. The number of methoxy groups -OCH3 is 3. The second-order valence-electron chi connectivity index (χ2n) is 3.64. The summed E-state index contributed by atoms with van der Waals surface area (Å²) < 4.78 is 21.5. The van der Waals surface area contributed by atoms with Gasteiger partial charge >= 0.3 is 0 Å². The van der Waals surface area contributed by atoms with Crippen LogP contribution in [0.4, 0.5) is 0 Å². The van der Waals surface area contributed by atoms with Crippen molar-refractivity contribution in [1.82, 2.24) is 4.98 Å². The van der Waals surface area contributed by atoms with Crippen LogP contribution in [0.3, 0.4) is 0 Å². The zero-order valence-electron chi connectivity index (χ0n) is 10.9. The highest BCUT2D eigenvalue weighted by atomic mass is 79.9. The van der Waals surface area contributed by atoms with Crippen molar-refractivity contribution in [2.75, 3.05) is 21.3 Å². The lowest BCUT2D eigenvalue weighted by Gasteiger charge is -2.14. The fraction of sp³-hybridized carbons (Fsp3) is 0.308. The maximum atomic E-state index is 5.44. The molecule has 0 N–H and O–H groups in total. The first-order valence-electron chi connectivity index (χ1n) is 5.54. The molecule has 0 unspecified atom stereocenters. The van der Waals surface area contributed by atoms with E-state index in [0.717, 1.165) is 11.3 Å². The molecule has 0 saturated heterocycles. The molecular formula is C13H14BrNO4. The minimum Gasteiger partial charge on any atom is -0.493 e. The Morgan fingerprint density at radius 3 is 2.42 bits per heavy atom. The largest absolute Gasteiger partial charge is 0.493 e. The van der Waals surface area contributed by atoms with Gasteiger partial charge in [-0.3, -0.25) is 0 Å². The van der Waals surface area contributed by atoms with Gasteiger partial charge in [0.05, 0.1) is 32.6 Å². The molecule has 1 aromatic carbocycles. The fourth-order valence-corrected chi connectivity index (χ4v) is 2.26. The van der Waals surface area contributed by atoms with Crippen LogP contribution in [-0.2, 0) is 5.33 Å². The number of alkyl halides is 1. The van der Waals surface area contributed by atoms with Gasteiger partial charge in [-0.15, -0.1) is 0 Å². The first-order chi connectivity index (χ1) is 9.26. The number of halogens is 1. The van der Waals surface area contributed by atoms with Gasteiger partial charge in [-0.25, -0.2) is 4.98 Å². The zero-order valence-corrected chi connectivity index (χ0v) is 12.5. The summed E-state index contributed by atoms with van der Waals surface area (Å²) in [4.78, 5) is 4.14. The molecule has 0 amide bonds. The van der Waals surface area contributed by atoms with Gasteiger partial charge in [-0.1, -0.05) is 15.9 Å². The van der Waals surface area contributed by atoms with Gasteiger partial charge in [0.1, 0.15) is 0 Å². The molecule has 1 heterocycles. The summed E-state index contributed by atoms with van der Waals surface area (Å²) >= 11 is 3.38. The Morgan fingerprint density at radius 1 is 1.11 bits per heavy atom. The van der Waals surface area contributed by atoms with Crippen LogP contribution in [0.1, 0.15) is 5.69 Å². The molecule has 0 aliphatic heterocycles. The summed E-state index contributed by atoms with van der Waals surface area (Å²) in [6.07, 6.45) is 1.40. The van der Waals surface area contributed by atoms with E-state index in [2.05, 4.69) is 20.9 Å². The summed E-state index contributed by atoms with van der Waals surface area (Å²) in [7, 11) is 4.72. The molecule has 6 heteroatoms. The highest BCUT2D eigenvalue weighted by molar-refractivity contribution is 9.08. The van der Waals surface area contributed by atoms with Crippen molar-refractivity contribution < 1.29 is 18.6 Å². The maximum Gasteiger partial charge on any atom is 0.204 e. The van der Waals surface area contributed by atoms with E-state index < -0.39 is 0 Å². The lowest BCUT2D eigenvalue weighted by molar-refractivity contribution is 0.324. The number of aromatic nitrogens is 1. The van der Waals surface area contributed by atoms with E-state index in [4.69, 9.17) is 18.6 Å². The lowest BCUT2D eigenvalue weighted by Crippen LogP contribution is -1.97. The van der Waals surface area contributed by atoms with Crippen molar-refractivity contribution >= 4 is 15.9 Å². The molecule has 102 valence electrons. The van der Waals surface area contributed by atoms with Crippen LogP contribution < -0.4 is 14.2 Å². The van der Waals surface area contributed by atoms with E-state index >= 15 is 0 Å². The van der Waals surface area contributed by atoms with Crippen LogP contribution in [0, 0.1) is 0 Å². The van der Waals surface area contributed by atoms with E-state index in [1.54, 1.807) is 27.4 Å². The number of rotatable bonds is 5. The molecular weight excluding hydrogens is 314 g/mol. The predicted molar refractivity (Wildman–Crippen MR) is 74.2 cm³/mol. The maximum absolute atomic E-state index is 5.44. The van der Waals surface area contributed by atoms with Crippen molar-refractivity contribution in [2.45, 2.75) is 5.33 Å². The van der Waals surface area contributed by atoms with Gasteiger partial charge < -0.3 is 18.6 Å². The van der Waals surface area contributed by atoms with Gasteiger partial charge in [0.25, 0.3) is 0 Å². The van der Waals surface area contributed by atoms with Crippen molar-refractivity contribution in [3.05, 3.63) is 24.2 Å². The van der Waals surface area contributed by atoms with Crippen LogP contribution in [0.2, 0.25) is 0 Å². The van der Waals surface area contributed by atoms with Crippen molar-refractivity contribution in [3.8, 4) is 28.6 Å². The zero-order chi connectivity index (χ0) is 13.8. The quantitative estimate of drug-likeness (QED) is 0.789. The van der Waals surface area contributed by atoms with Crippen molar-refractivity contribution in [3.63, 3.8) is 0 Å². The van der Waals surface area contributed by atoms with Crippen molar-refractivity contribution in [1.29, 1.82) is 0 Å². The average molecular weight is 328 g/mol. The highest BCUT2D eigenvalue weighted by Crippen LogP contribution is 2.45. The fourth-order valence-electron chi connectivity index (χ4n) is 1.86. The second kappa shape index (κ2) is 5.97. The summed E-state index contributed by atoms with van der Waals surface area (Å²) in [5, 5.41) is 0.594. The molecule has 5 nitrogen and oxygen atoms in total. The third-order valence-corrected chi connectivity index (χ3v) is 3.25. The van der Waals surface area contributed by atoms with Gasteiger partial charge in [0, 0.05) is 5.33 Å². The molecule has 0 bridgehead atoms. The molecule has 0 radical (unpaired) electrons. The third-order valence-electron chi connectivity index (χ3n) is 2.72. The first-order valence-corrected chi connectivity index (χ1v) is 6.66. The molecule has 0 aliphatic carbocycles. The monoisotopic (exact) mass is 327 g/mol. The number of hydrogen-bond donors (Lipinski definition) is 0. The molecule has 0 spiro atoms. The summed E-state index contributed by atoms with van der Waals surface area (Å²) in [5.41, 5.74) is 1.57. The van der Waals surface area contributed by atoms with Gasteiger partial charge in [-0.05, 0) is 12.1 Å². The third kappa shape index (κ3) is 2.40. The number of benzene rings is 1. The highest BCUT2D eigenvalue weighted by Gasteiger charge is 2.21. The number of nitrogens with zero attached hydrogens (tertiary/aromatic N) is 1. The predicted octanol–water partition coefficient (Wildman–Crippen LogP) is 3.26. The minimum atomic E-state index is 0.527. The second-order valence-corrected chi connectivity index (χ2v) is 4.20. The summed E-state index contributed by atoms with van der Waals surface area (Å²) in [6.45, 7) is 0. The van der Waals surface area contributed by atoms with Gasteiger partial charge in [0.2, 0.25) is 5.75 Å². The Bertz CT molecular complexity index is 568. The van der Waals surface area contributed by atoms with E-state index in [-0.39, 0.29) is 0 Å². The van der Waals surface area contributed by atoms with Gasteiger partial charge in [0.15, 0.2) is 23.7 Å². The summed E-state index contributed by atoms with van der Waals surface area (Å²) in [5.74, 6) is 2.33. The van der Waals surface area contributed by atoms with Crippen LogP contribution in [-0.4, -0.2) is 26.3 Å². The Balaban J connectivity index is 2.64.